The highest BCUT2D eigenvalue weighted by atomic mass is 19.1. The second-order valence-corrected chi connectivity index (χ2v) is 2.91. The minimum atomic E-state index is -1.48. The van der Waals surface area contributed by atoms with Crippen molar-refractivity contribution in [3.05, 3.63) is 35.6 Å². The van der Waals surface area contributed by atoms with Crippen molar-refractivity contribution < 1.29 is 11.9 Å². The Morgan fingerprint density at radius 2 is 2.54 bits per heavy atom. The molecule has 2 rings (SSSR count). The van der Waals surface area contributed by atoms with Crippen molar-refractivity contribution in [3.8, 4) is 0 Å². The van der Waals surface area contributed by atoms with Gasteiger partial charge in [0, 0.05) is 15.8 Å². The van der Waals surface area contributed by atoms with E-state index < -0.39 is 6.50 Å². The monoisotopic (exact) mass is 183 g/mol. The van der Waals surface area contributed by atoms with Gasteiger partial charge in [-0.1, -0.05) is 12.1 Å². The van der Waals surface area contributed by atoms with E-state index in [0.29, 0.717) is 6.54 Å². The van der Waals surface area contributed by atoms with Crippen molar-refractivity contribution in [1.29, 1.82) is 0 Å². The molecule has 70 valence electrons. The lowest BCUT2D eigenvalue weighted by molar-refractivity contribution is 0.0275. The molecule has 3 heteroatoms. The van der Waals surface area contributed by atoms with Gasteiger partial charge in [0.2, 0.25) is 0 Å². The minimum absolute atomic E-state index is 0.0197. The van der Waals surface area contributed by atoms with Gasteiger partial charge in [-0.3, -0.25) is 0 Å². The zero-order chi connectivity index (χ0) is 10.9. The summed E-state index contributed by atoms with van der Waals surface area (Å²) in [5.74, 6) is -0.301. The van der Waals surface area contributed by atoms with Crippen LogP contribution in [0.1, 0.15) is 14.4 Å². The zero-order valence-electron chi connectivity index (χ0n) is 9.09. The average molecular weight is 183 g/mol. The molecule has 1 saturated heterocycles. The molecule has 13 heavy (non-hydrogen) atoms. The normalized spacial score (nSPS) is 29.2. The second-order valence-electron chi connectivity index (χ2n) is 2.91. The minimum Gasteiger partial charge on any atom is -0.371 e. The van der Waals surface area contributed by atoms with E-state index in [0.717, 1.165) is 5.56 Å². The van der Waals surface area contributed by atoms with Crippen LogP contribution in [0.5, 0.6) is 0 Å². The lowest BCUT2D eigenvalue weighted by Gasteiger charge is -2.23. The molecule has 1 heterocycles. The highest BCUT2D eigenvalue weighted by Gasteiger charge is 2.15. The van der Waals surface area contributed by atoms with E-state index in [1.165, 1.54) is 12.1 Å². The summed E-state index contributed by atoms with van der Waals surface area (Å²) in [5, 5.41) is 2.71. The van der Waals surface area contributed by atoms with Crippen molar-refractivity contribution in [2.45, 2.75) is 6.10 Å². The van der Waals surface area contributed by atoms with Gasteiger partial charge in [-0.05, 0) is 17.7 Å². The molecule has 0 aromatic heterocycles. The van der Waals surface area contributed by atoms with Gasteiger partial charge in [0.15, 0.2) is 0 Å². The lowest BCUT2D eigenvalue weighted by Crippen LogP contribution is -2.33. The second kappa shape index (κ2) is 3.85. The molecule has 1 aromatic carbocycles. The van der Waals surface area contributed by atoms with E-state index in [9.17, 15) is 4.39 Å². The number of ether oxygens (including phenoxy) is 1. The molecular formula is C10H12FNO. The summed E-state index contributed by atoms with van der Waals surface area (Å²) in [5.41, 5.74) is 0.734. The van der Waals surface area contributed by atoms with E-state index in [4.69, 9.17) is 7.48 Å². The first-order valence-electron chi connectivity index (χ1n) is 5.19. The zero-order valence-corrected chi connectivity index (χ0v) is 7.09. The predicted octanol–water partition coefficient (Wildman–Crippen LogP) is 1.49. The Balaban J connectivity index is 2.08. The first-order valence-corrected chi connectivity index (χ1v) is 4.19. The molecular weight excluding hydrogens is 169 g/mol. The SMILES string of the molecule is [2H]C1([2H])CO[C@@H](c2cccc(F)c2)CN1. The first-order chi connectivity index (χ1) is 7.07. The third kappa shape index (κ3) is 2.05. The first kappa shape index (κ1) is 6.51. The smallest absolute Gasteiger partial charge is 0.123 e. The molecule has 1 aliphatic rings. The maximum absolute atomic E-state index is 12.9. The highest BCUT2D eigenvalue weighted by Crippen LogP contribution is 2.18. The van der Waals surface area contributed by atoms with E-state index in [2.05, 4.69) is 5.32 Å². The fourth-order valence-corrected chi connectivity index (χ4v) is 1.34. The van der Waals surface area contributed by atoms with Crippen molar-refractivity contribution in [3.63, 3.8) is 0 Å². The molecule has 0 saturated carbocycles. The van der Waals surface area contributed by atoms with E-state index in [1.807, 2.05) is 0 Å². The Hall–Kier alpha value is -0.930. The molecule has 1 N–H and O–H groups in total. The van der Waals surface area contributed by atoms with Crippen LogP contribution in [0.2, 0.25) is 0 Å². The quantitative estimate of drug-likeness (QED) is 0.712. The molecule has 1 aromatic rings. The van der Waals surface area contributed by atoms with Gasteiger partial charge in [-0.15, -0.1) is 0 Å². The van der Waals surface area contributed by atoms with Crippen molar-refractivity contribution in [2.75, 3.05) is 19.6 Å². The fraction of sp³-hybridized carbons (Fsp3) is 0.400. The van der Waals surface area contributed by atoms with Gasteiger partial charge >= 0.3 is 0 Å². The molecule has 0 amide bonds. The van der Waals surface area contributed by atoms with Gasteiger partial charge in [0.1, 0.15) is 5.82 Å². The molecule has 0 aliphatic carbocycles. The summed E-state index contributed by atoms with van der Waals surface area (Å²) >= 11 is 0. The largest absolute Gasteiger partial charge is 0.371 e. The van der Waals surface area contributed by atoms with Gasteiger partial charge in [-0.2, -0.15) is 0 Å². The summed E-state index contributed by atoms with van der Waals surface area (Å²) < 4.78 is 33.0. The standard InChI is InChI=1S/C10H12FNO/c11-9-3-1-2-8(6-9)10-7-12-4-5-13-10/h1-3,6,10,12H,4-5,7H2/t10-/m1/s1/i4D2. The number of morpholine rings is 1. The summed E-state index contributed by atoms with van der Waals surface area (Å²) in [6.07, 6.45) is -0.274. The van der Waals surface area contributed by atoms with Crippen LogP contribution >= 0.6 is 0 Å². The Bertz CT molecular complexity index is 349. The highest BCUT2D eigenvalue weighted by molar-refractivity contribution is 5.19. The summed E-state index contributed by atoms with van der Waals surface area (Å²) in [4.78, 5) is 0. The van der Waals surface area contributed by atoms with Crippen LogP contribution in [0.15, 0.2) is 24.3 Å². The molecule has 0 unspecified atom stereocenters. The number of halogens is 1. The topological polar surface area (TPSA) is 21.3 Å². The molecule has 0 radical (unpaired) electrons. The Morgan fingerprint density at radius 3 is 3.23 bits per heavy atom. The van der Waals surface area contributed by atoms with Gasteiger partial charge < -0.3 is 10.1 Å². The van der Waals surface area contributed by atoms with E-state index >= 15 is 0 Å². The van der Waals surface area contributed by atoms with Gasteiger partial charge in [0.25, 0.3) is 0 Å². The molecule has 1 atom stereocenters. The van der Waals surface area contributed by atoms with Crippen LogP contribution in [-0.2, 0) is 4.74 Å². The number of hydrogen-bond acceptors (Lipinski definition) is 2. The van der Waals surface area contributed by atoms with Crippen LogP contribution in [0.25, 0.3) is 0 Å². The van der Waals surface area contributed by atoms with E-state index in [-0.39, 0.29) is 18.5 Å². The van der Waals surface area contributed by atoms with E-state index in [1.54, 1.807) is 12.1 Å². The Kier molecular flexibility index (Phi) is 1.93. The van der Waals surface area contributed by atoms with Crippen LogP contribution in [0.3, 0.4) is 0 Å². The maximum atomic E-state index is 12.9. The summed E-state index contributed by atoms with van der Waals surface area (Å²) in [6, 6.07) is 6.18. The van der Waals surface area contributed by atoms with Crippen LogP contribution in [-0.4, -0.2) is 19.6 Å². The van der Waals surface area contributed by atoms with Crippen molar-refractivity contribution in [1.82, 2.24) is 5.32 Å². The third-order valence-electron chi connectivity index (χ3n) is 1.99. The molecule has 2 nitrogen and oxygen atoms in total. The van der Waals surface area contributed by atoms with Crippen LogP contribution in [0.4, 0.5) is 4.39 Å². The Labute approximate surface area is 79.5 Å². The number of benzene rings is 1. The molecule has 1 aliphatic heterocycles. The van der Waals surface area contributed by atoms with Gasteiger partial charge in [-0.25, -0.2) is 4.39 Å². The number of hydrogen-bond donors (Lipinski definition) is 1. The summed E-state index contributed by atoms with van der Waals surface area (Å²) in [6.45, 7) is -1.14. The van der Waals surface area contributed by atoms with Crippen LogP contribution in [0, 0.1) is 5.82 Å². The molecule has 1 fully saturated rings. The molecule has 0 spiro atoms. The van der Waals surface area contributed by atoms with Gasteiger partial charge in [0.05, 0.1) is 12.7 Å². The fourth-order valence-electron chi connectivity index (χ4n) is 1.34. The average Bonchev–Trinajstić information content (AvgIpc) is 2.17. The van der Waals surface area contributed by atoms with Crippen molar-refractivity contribution >= 4 is 0 Å². The summed E-state index contributed by atoms with van der Waals surface area (Å²) in [7, 11) is 0. The number of nitrogens with one attached hydrogen (secondary N) is 1. The lowest BCUT2D eigenvalue weighted by atomic mass is 10.1. The number of rotatable bonds is 1. The van der Waals surface area contributed by atoms with Crippen LogP contribution < -0.4 is 5.32 Å². The third-order valence-corrected chi connectivity index (χ3v) is 1.99. The predicted molar refractivity (Wildman–Crippen MR) is 48.0 cm³/mol. The maximum Gasteiger partial charge on any atom is 0.123 e. The van der Waals surface area contributed by atoms with Crippen molar-refractivity contribution in [2.24, 2.45) is 0 Å². The Morgan fingerprint density at radius 1 is 1.62 bits per heavy atom. The molecule has 0 bridgehead atoms.